The Labute approximate surface area is 178 Å². The van der Waals surface area contributed by atoms with E-state index in [9.17, 15) is 4.79 Å². The summed E-state index contributed by atoms with van der Waals surface area (Å²) in [4.78, 5) is 26.1. The summed E-state index contributed by atoms with van der Waals surface area (Å²) in [5.74, 6) is 0.249. The van der Waals surface area contributed by atoms with Crippen LogP contribution >= 0.6 is 11.6 Å². The number of nitrogens with one attached hydrogen (secondary N) is 2. The number of hydrogen-bond donors (Lipinski definition) is 3. The number of halogens is 1. The molecule has 2 fully saturated rings. The molecule has 5 rings (SSSR count). The number of piperidine rings is 1. The number of fused-ring (bicyclic) bond motifs is 3. The normalized spacial score (nSPS) is 22.8. The molecule has 152 valence electrons. The number of rotatable bonds is 4. The highest BCUT2D eigenvalue weighted by Gasteiger charge is 2.42. The van der Waals surface area contributed by atoms with Crippen molar-refractivity contribution in [3.8, 4) is 6.07 Å². The minimum Gasteiger partial charge on any atom is -0.381 e. The van der Waals surface area contributed by atoms with Crippen LogP contribution in [-0.2, 0) is 0 Å². The molecule has 0 spiro atoms. The number of carbonyl (C=O) groups is 1. The van der Waals surface area contributed by atoms with E-state index in [-0.39, 0.29) is 6.04 Å². The van der Waals surface area contributed by atoms with E-state index in [1.54, 1.807) is 18.5 Å². The highest BCUT2D eigenvalue weighted by molar-refractivity contribution is 6.33. The number of hydrogen-bond acceptors (Lipinski definition) is 6. The number of carbonyl (C=O) groups excluding carboxylic acids is 1. The van der Waals surface area contributed by atoms with E-state index in [0.717, 1.165) is 48.2 Å². The Hall–Kier alpha value is -3.31. The van der Waals surface area contributed by atoms with E-state index in [1.807, 2.05) is 6.07 Å². The number of nitriles is 1. The predicted octanol–water partition coefficient (Wildman–Crippen LogP) is 3.19. The molecular weight excluding hydrogens is 402 g/mol. The Morgan fingerprint density at radius 2 is 2.07 bits per heavy atom. The molecule has 3 aromatic heterocycles. The van der Waals surface area contributed by atoms with Crippen molar-refractivity contribution in [1.29, 1.82) is 5.26 Å². The number of anilines is 2. The smallest absolute Gasteiger partial charge is 0.252 e. The Kier molecular flexibility index (Phi) is 4.48. The molecular formula is C21H20ClN7O. The molecule has 5 heterocycles. The van der Waals surface area contributed by atoms with Crippen molar-refractivity contribution in [2.45, 2.75) is 43.8 Å². The summed E-state index contributed by atoms with van der Waals surface area (Å²) in [6, 6.07) is 6.43. The minimum atomic E-state index is -0.498. The first kappa shape index (κ1) is 18.7. The van der Waals surface area contributed by atoms with E-state index in [0.29, 0.717) is 28.2 Å². The van der Waals surface area contributed by atoms with Gasteiger partial charge in [0.25, 0.3) is 5.91 Å². The van der Waals surface area contributed by atoms with Crippen molar-refractivity contribution >= 4 is 40.0 Å². The zero-order chi connectivity index (χ0) is 20.8. The maximum absolute atomic E-state index is 12.0. The molecule has 2 bridgehead atoms. The first-order chi connectivity index (χ1) is 14.5. The molecule has 2 aliphatic heterocycles. The van der Waals surface area contributed by atoms with Crippen LogP contribution in [0.4, 0.5) is 11.5 Å². The molecule has 2 aliphatic rings. The molecule has 2 saturated heterocycles. The van der Waals surface area contributed by atoms with Gasteiger partial charge in [0, 0.05) is 42.1 Å². The lowest BCUT2D eigenvalue weighted by Gasteiger charge is -2.40. The van der Waals surface area contributed by atoms with Gasteiger partial charge in [-0.1, -0.05) is 11.6 Å². The summed E-state index contributed by atoms with van der Waals surface area (Å²) in [7, 11) is 0. The Bertz CT molecular complexity index is 1170. The SMILES string of the molecule is N#Cc1cnc(N2[C@@H]3CC[C@H]2C[C@H](Nc2c(C(N)=O)cnc4[nH]ccc24)C3)c(Cl)c1. The number of aromatic nitrogens is 3. The van der Waals surface area contributed by atoms with Gasteiger partial charge in [-0.15, -0.1) is 0 Å². The maximum Gasteiger partial charge on any atom is 0.252 e. The summed E-state index contributed by atoms with van der Waals surface area (Å²) in [5, 5.41) is 14.0. The lowest BCUT2D eigenvalue weighted by atomic mass is 9.96. The van der Waals surface area contributed by atoms with E-state index < -0.39 is 5.91 Å². The zero-order valence-corrected chi connectivity index (χ0v) is 16.9. The summed E-state index contributed by atoms with van der Waals surface area (Å²) in [6.07, 6.45) is 8.79. The second-order valence-corrected chi connectivity index (χ2v) is 8.30. The second-order valence-electron chi connectivity index (χ2n) is 7.90. The fraction of sp³-hybridized carbons (Fsp3) is 0.333. The van der Waals surface area contributed by atoms with Crippen LogP contribution in [0.5, 0.6) is 0 Å². The molecule has 0 unspecified atom stereocenters. The Morgan fingerprint density at radius 3 is 2.73 bits per heavy atom. The van der Waals surface area contributed by atoms with Gasteiger partial charge in [-0.25, -0.2) is 9.97 Å². The molecule has 8 nitrogen and oxygen atoms in total. The van der Waals surface area contributed by atoms with Gasteiger partial charge in [0.1, 0.15) is 17.5 Å². The van der Waals surface area contributed by atoms with Gasteiger partial charge >= 0.3 is 0 Å². The molecule has 0 aliphatic carbocycles. The third-order valence-electron chi connectivity index (χ3n) is 6.13. The molecule has 4 N–H and O–H groups in total. The van der Waals surface area contributed by atoms with Crippen LogP contribution in [0.1, 0.15) is 41.6 Å². The molecule has 3 aromatic rings. The summed E-state index contributed by atoms with van der Waals surface area (Å²) >= 11 is 6.44. The topological polar surface area (TPSA) is 124 Å². The maximum atomic E-state index is 12.0. The van der Waals surface area contributed by atoms with Gasteiger partial charge in [-0.3, -0.25) is 4.79 Å². The minimum absolute atomic E-state index is 0.189. The van der Waals surface area contributed by atoms with Crippen molar-refractivity contribution < 1.29 is 4.79 Å². The lowest BCUT2D eigenvalue weighted by molar-refractivity contribution is 0.100. The van der Waals surface area contributed by atoms with E-state index in [1.165, 1.54) is 6.20 Å². The van der Waals surface area contributed by atoms with E-state index in [2.05, 4.69) is 31.2 Å². The largest absolute Gasteiger partial charge is 0.381 e. The zero-order valence-electron chi connectivity index (χ0n) is 16.1. The van der Waals surface area contributed by atoms with Crippen molar-refractivity contribution in [3.63, 3.8) is 0 Å². The average molecular weight is 422 g/mol. The van der Waals surface area contributed by atoms with E-state index >= 15 is 0 Å². The fourth-order valence-corrected chi connectivity index (χ4v) is 5.14. The van der Waals surface area contributed by atoms with Crippen molar-refractivity contribution in [2.75, 3.05) is 10.2 Å². The van der Waals surface area contributed by atoms with E-state index in [4.69, 9.17) is 22.6 Å². The van der Waals surface area contributed by atoms with Crippen LogP contribution in [0.3, 0.4) is 0 Å². The number of primary amides is 1. The van der Waals surface area contributed by atoms with Gasteiger partial charge in [-0.05, 0) is 37.8 Å². The van der Waals surface area contributed by atoms with Crippen LogP contribution in [0, 0.1) is 11.3 Å². The number of nitrogens with zero attached hydrogens (tertiary/aromatic N) is 4. The van der Waals surface area contributed by atoms with Gasteiger partial charge < -0.3 is 20.9 Å². The number of aromatic amines is 1. The Balaban J connectivity index is 1.42. The third kappa shape index (κ3) is 3.02. The summed E-state index contributed by atoms with van der Waals surface area (Å²) < 4.78 is 0. The Morgan fingerprint density at radius 1 is 1.30 bits per heavy atom. The van der Waals surface area contributed by atoms with Crippen molar-refractivity contribution in [2.24, 2.45) is 5.73 Å². The first-order valence-electron chi connectivity index (χ1n) is 9.91. The molecule has 0 saturated carbocycles. The molecule has 1 amide bonds. The van der Waals surface area contributed by atoms with Gasteiger partial charge in [0.15, 0.2) is 0 Å². The van der Waals surface area contributed by atoms with Crippen LogP contribution in [-0.4, -0.2) is 39.0 Å². The predicted molar refractivity (Wildman–Crippen MR) is 115 cm³/mol. The van der Waals surface area contributed by atoms with Gasteiger partial charge in [0.2, 0.25) is 0 Å². The summed E-state index contributed by atoms with van der Waals surface area (Å²) in [5.41, 5.74) is 7.91. The molecule has 0 aromatic carbocycles. The second kappa shape index (κ2) is 7.18. The van der Waals surface area contributed by atoms with Crippen LogP contribution < -0.4 is 16.0 Å². The highest BCUT2D eigenvalue weighted by atomic mass is 35.5. The van der Waals surface area contributed by atoms with Crippen molar-refractivity contribution in [1.82, 2.24) is 15.0 Å². The van der Waals surface area contributed by atoms with Gasteiger partial charge in [-0.2, -0.15) is 5.26 Å². The number of amides is 1. The standard InChI is InChI=1S/C21H20ClN7O/c22-17-5-11(8-23)9-27-21(17)29-13-1-2-14(29)7-12(6-13)28-18-15-3-4-25-20(15)26-10-16(18)19(24)30/h3-5,9-10,12-14H,1-2,6-7H2,(H2,24,30)(H2,25,26,28)/t12-,13-,14+. The number of H-pyrrole nitrogens is 1. The first-order valence-corrected chi connectivity index (χ1v) is 10.3. The molecule has 3 atom stereocenters. The molecule has 9 heteroatoms. The highest BCUT2D eigenvalue weighted by Crippen LogP contribution is 2.42. The lowest BCUT2D eigenvalue weighted by Crippen LogP contribution is -2.47. The third-order valence-corrected chi connectivity index (χ3v) is 6.41. The van der Waals surface area contributed by atoms with Gasteiger partial charge in [0.05, 0.1) is 21.8 Å². The van der Waals surface area contributed by atoms with Crippen LogP contribution in [0.15, 0.2) is 30.7 Å². The fourth-order valence-electron chi connectivity index (χ4n) is 4.88. The average Bonchev–Trinajstić information content (AvgIpc) is 3.30. The quantitative estimate of drug-likeness (QED) is 0.594. The van der Waals surface area contributed by atoms with Crippen LogP contribution in [0.2, 0.25) is 5.02 Å². The van der Waals surface area contributed by atoms with Crippen molar-refractivity contribution in [3.05, 3.63) is 46.9 Å². The molecule has 0 radical (unpaired) electrons. The van der Waals surface area contributed by atoms with Crippen LogP contribution in [0.25, 0.3) is 11.0 Å². The molecule has 30 heavy (non-hydrogen) atoms. The summed E-state index contributed by atoms with van der Waals surface area (Å²) in [6.45, 7) is 0. The number of nitrogens with two attached hydrogens (primary N) is 1. The number of pyridine rings is 2. The monoisotopic (exact) mass is 421 g/mol.